The predicted octanol–water partition coefficient (Wildman–Crippen LogP) is 4.48. The van der Waals surface area contributed by atoms with E-state index in [1.165, 1.54) is 0 Å². The maximum absolute atomic E-state index is 12.7. The molecule has 9 heteroatoms. The third-order valence-corrected chi connectivity index (χ3v) is 5.61. The van der Waals surface area contributed by atoms with E-state index in [9.17, 15) is 9.59 Å². The van der Waals surface area contributed by atoms with Gasteiger partial charge in [0.2, 0.25) is 17.7 Å². The molecule has 0 saturated heterocycles. The van der Waals surface area contributed by atoms with E-state index in [1.807, 2.05) is 49.4 Å². The van der Waals surface area contributed by atoms with Crippen molar-refractivity contribution < 1.29 is 14.0 Å². The van der Waals surface area contributed by atoms with E-state index < -0.39 is 0 Å². The maximum atomic E-state index is 12.7. The number of benzene rings is 3. The molecule has 2 N–H and O–H groups in total. The van der Waals surface area contributed by atoms with Crippen molar-refractivity contribution in [3.8, 4) is 22.9 Å². The molecule has 0 aliphatic rings. The van der Waals surface area contributed by atoms with Crippen molar-refractivity contribution in [3.63, 3.8) is 0 Å². The van der Waals surface area contributed by atoms with E-state index in [2.05, 4.69) is 25.9 Å². The van der Waals surface area contributed by atoms with Crippen LogP contribution in [-0.4, -0.2) is 31.8 Å². The van der Waals surface area contributed by atoms with E-state index in [0.29, 0.717) is 29.6 Å². The number of amides is 2. The zero-order valence-corrected chi connectivity index (χ0v) is 20.1. The lowest BCUT2D eigenvalue weighted by atomic mass is 10.1. The standard InChI is InChI=1S/C28H24N6O3/c1-19-5-2-7-23(15-19)28-33-32-27(37-28)22-11-9-21(10-12-22)26(36)29-17-20-6-3-8-24(16-20)31-25(35)18-34-14-4-13-30-34/h2-16H,17-18H2,1H3,(H,29,36)(H,31,35). The Labute approximate surface area is 213 Å². The van der Waals surface area contributed by atoms with E-state index in [1.54, 1.807) is 53.5 Å². The molecule has 0 unspecified atom stereocenters. The van der Waals surface area contributed by atoms with Gasteiger partial charge in [0, 0.05) is 41.3 Å². The van der Waals surface area contributed by atoms with Gasteiger partial charge in [0.25, 0.3) is 5.91 Å². The molecular formula is C28H24N6O3. The number of nitrogens with one attached hydrogen (secondary N) is 2. The van der Waals surface area contributed by atoms with Gasteiger partial charge >= 0.3 is 0 Å². The van der Waals surface area contributed by atoms with Crippen LogP contribution in [0.4, 0.5) is 5.69 Å². The average Bonchev–Trinajstić information content (AvgIpc) is 3.60. The number of aromatic nitrogens is 4. The largest absolute Gasteiger partial charge is 0.416 e. The predicted molar refractivity (Wildman–Crippen MR) is 138 cm³/mol. The van der Waals surface area contributed by atoms with E-state index >= 15 is 0 Å². The summed E-state index contributed by atoms with van der Waals surface area (Å²) in [6.07, 6.45) is 3.35. The smallest absolute Gasteiger partial charge is 0.251 e. The summed E-state index contributed by atoms with van der Waals surface area (Å²) < 4.78 is 7.37. The third-order valence-electron chi connectivity index (χ3n) is 5.61. The van der Waals surface area contributed by atoms with E-state index in [-0.39, 0.29) is 18.4 Å². The van der Waals surface area contributed by atoms with Crippen molar-refractivity contribution in [1.29, 1.82) is 0 Å². The Balaban J connectivity index is 1.17. The molecule has 37 heavy (non-hydrogen) atoms. The number of anilines is 1. The molecule has 2 amide bonds. The molecule has 9 nitrogen and oxygen atoms in total. The van der Waals surface area contributed by atoms with Crippen LogP contribution in [0.25, 0.3) is 22.9 Å². The molecule has 3 aromatic carbocycles. The number of carbonyl (C=O) groups is 2. The van der Waals surface area contributed by atoms with Crippen LogP contribution >= 0.6 is 0 Å². The molecule has 184 valence electrons. The van der Waals surface area contributed by atoms with E-state index in [0.717, 1.165) is 22.3 Å². The summed E-state index contributed by atoms with van der Waals surface area (Å²) in [6.45, 7) is 2.44. The lowest BCUT2D eigenvalue weighted by molar-refractivity contribution is -0.116. The van der Waals surface area contributed by atoms with Gasteiger partial charge in [-0.05, 0) is 67.1 Å². The normalized spacial score (nSPS) is 10.7. The first-order valence-corrected chi connectivity index (χ1v) is 11.7. The maximum Gasteiger partial charge on any atom is 0.251 e. The zero-order chi connectivity index (χ0) is 25.6. The van der Waals surface area contributed by atoms with Gasteiger partial charge in [-0.3, -0.25) is 14.3 Å². The van der Waals surface area contributed by atoms with Gasteiger partial charge < -0.3 is 15.1 Å². The molecule has 0 aliphatic carbocycles. The van der Waals surface area contributed by atoms with Crippen LogP contribution in [0, 0.1) is 6.92 Å². The SMILES string of the molecule is Cc1cccc(-c2nnc(-c3ccc(C(=O)NCc4cccc(NC(=O)Cn5cccn5)c4)cc3)o2)c1. The average molecular weight is 493 g/mol. The highest BCUT2D eigenvalue weighted by atomic mass is 16.4. The fourth-order valence-electron chi connectivity index (χ4n) is 3.78. The number of hydrogen-bond acceptors (Lipinski definition) is 6. The molecule has 0 bridgehead atoms. The molecule has 5 aromatic rings. The van der Waals surface area contributed by atoms with Crippen LogP contribution in [0.1, 0.15) is 21.5 Å². The van der Waals surface area contributed by atoms with Gasteiger partial charge in [0.15, 0.2) is 0 Å². The molecule has 0 spiro atoms. The highest BCUT2D eigenvalue weighted by Gasteiger charge is 2.12. The highest BCUT2D eigenvalue weighted by molar-refractivity contribution is 5.94. The second-order valence-electron chi connectivity index (χ2n) is 8.49. The van der Waals surface area contributed by atoms with Crippen molar-refractivity contribution in [2.75, 3.05) is 5.32 Å². The van der Waals surface area contributed by atoms with Crippen molar-refractivity contribution in [3.05, 3.63) is 108 Å². The molecule has 5 rings (SSSR count). The van der Waals surface area contributed by atoms with Crippen molar-refractivity contribution in [1.82, 2.24) is 25.3 Å². The van der Waals surface area contributed by atoms with Crippen LogP contribution in [0.3, 0.4) is 0 Å². The summed E-state index contributed by atoms with van der Waals surface area (Å²) in [4.78, 5) is 24.9. The van der Waals surface area contributed by atoms with Crippen molar-refractivity contribution in [2.24, 2.45) is 0 Å². The highest BCUT2D eigenvalue weighted by Crippen LogP contribution is 2.24. The molecule has 0 fully saturated rings. The second kappa shape index (κ2) is 10.7. The Kier molecular flexibility index (Phi) is 6.84. The molecule has 2 aromatic heterocycles. The minimum absolute atomic E-state index is 0.126. The van der Waals surface area contributed by atoms with Gasteiger partial charge in [-0.15, -0.1) is 10.2 Å². The van der Waals surface area contributed by atoms with Crippen LogP contribution in [0.15, 0.2) is 95.7 Å². The third kappa shape index (κ3) is 5.96. The second-order valence-corrected chi connectivity index (χ2v) is 8.49. The van der Waals surface area contributed by atoms with Gasteiger partial charge in [-0.25, -0.2) is 0 Å². The number of nitrogens with zero attached hydrogens (tertiary/aromatic N) is 4. The van der Waals surface area contributed by atoms with Crippen LogP contribution < -0.4 is 10.6 Å². The summed E-state index contributed by atoms with van der Waals surface area (Å²) in [7, 11) is 0. The minimum Gasteiger partial charge on any atom is -0.416 e. The summed E-state index contributed by atoms with van der Waals surface area (Å²) in [6, 6.07) is 23.9. The molecule has 0 aliphatic heterocycles. The zero-order valence-electron chi connectivity index (χ0n) is 20.1. The molecule has 0 radical (unpaired) electrons. The Morgan fingerprint density at radius 2 is 1.68 bits per heavy atom. The Bertz CT molecular complexity index is 1520. The fraction of sp³-hybridized carbons (Fsp3) is 0.107. The molecule has 0 atom stereocenters. The van der Waals surface area contributed by atoms with Crippen LogP contribution in [-0.2, 0) is 17.9 Å². The monoisotopic (exact) mass is 492 g/mol. The van der Waals surface area contributed by atoms with Crippen LogP contribution in [0.2, 0.25) is 0 Å². The number of aryl methyl sites for hydroxylation is 1. The molecule has 0 saturated carbocycles. The Hall–Kier alpha value is -5.05. The number of hydrogen-bond donors (Lipinski definition) is 2. The van der Waals surface area contributed by atoms with E-state index in [4.69, 9.17) is 4.42 Å². The Morgan fingerprint density at radius 3 is 2.43 bits per heavy atom. The minimum atomic E-state index is -0.217. The quantitative estimate of drug-likeness (QED) is 0.330. The van der Waals surface area contributed by atoms with Gasteiger partial charge in [0.1, 0.15) is 6.54 Å². The first kappa shape index (κ1) is 23.7. The fourth-order valence-corrected chi connectivity index (χ4v) is 3.78. The van der Waals surface area contributed by atoms with Gasteiger partial charge in [0.05, 0.1) is 0 Å². The van der Waals surface area contributed by atoms with Crippen molar-refractivity contribution in [2.45, 2.75) is 20.0 Å². The number of rotatable bonds is 8. The first-order chi connectivity index (χ1) is 18.0. The molecular weight excluding hydrogens is 468 g/mol. The summed E-state index contributed by atoms with van der Waals surface area (Å²) in [5, 5.41) is 18.1. The summed E-state index contributed by atoms with van der Waals surface area (Å²) >= 11 is 0. The summed E-state index contributed by atoms with van der Waals surface area (Å²) in [5.41, 5.74) is 4.70. The summed E-state index contributed by atoms with van der Waals surface area (Å²) in [5.74, 6) is 0.429. The topological polar surface area (TPSA) is 115 Å². The van der Waals surface area contributed by atoms with Gasteiger partial charge in [-0.2, -0.15) is 5.10 Å². The number of carbonyl (C=O) groups excluding carboxylic acids is 2. The lowest BCUT2D eigenvalue weighted by Crippen LogP contribution is -2.23. The Morgan fingerprint density at radius 1 is 0.892 bits per heavy atom. The van der Waals surface area contributed by atoms with Crippen molar-refractivity contribution >= 4 is 17.5 Å². The first-order valence-electron chi connectivity index (χ1n) is 11.7. The molecule has 2 heterocycles. The lowest BCUT2D eigenvalue weighted by Gasteiger charge is -2.09. The van der Waals surface area contributed by atoms with Crippen LogP contribution in [0.5, 0.6) is 0 Å². The van der Waals surface area contributed by atoms with Gasteiger partial charge in [-0.1, -0.05) is 29.8 Å².